The number of aromatic hydroxyl groups is 1. The van der Waals surface area contributed by atoms with Gasteiger partial charge >= 0.3 is 0 Å². The van der Waals surface area contributed by atoms with Crippen LogP contribution in [0.4, 0.5) is 0 Å². The van der Waals surface area contributed by atoms with Crippen LogP contribution in [0.3, 0.4) is 0 Å². The number of fused-ring (bicyclic) bond motifs is 1. The van der Waals surface area contributed by atoms with Crippen LogP contribution in [0.25, 0.3) is 16.8 Å². The summed E-state index contributed by atoms with van der Waals surface area (Å²) >= 11 is 0. The second kappa shape index (κ2) is 6.72. The molecule has 0 saturated heterocycles. The lowest BCUT2D eigenvalue weighted by molar-refractivity contribution is 0.317. The van der Waals surface area contributed by atoms with E-state index in [0.717, 1.165) is 5.56 Å². The summed E-state index contributed by atoms with van der Waals surface area (Å²) in [5.41, 5.74) is 1.79. The van der Waals surface area contributed by atoms with Gasteiger partial charge in [0.15, 0.2) is 0 Å². The second-order valence-electron chi connectivity index (χ2n) is 5.73. The standard InChI is InChI=1S/C19H16N4O3/c24-18-15(8-10-26-14-6-2-1-3-7-14)19(25)23-17(22-18)16(12-21-23)13-5-4-9-20-11-13/h1-7,9,11-12,25H,8,10H2,(H,22,24). The van der Waals surface area contributed by atoms with Gasteiger partial charge in [0, 0.05) is 29.9 Å². The van der Waals surface area contributed by atoms with E-state index in [0.29, 0.717) is 17.0 Å². The topological polar surface area (TPSA) is 92.5 Å². The first-order chi connectivity index (χ1) is 12.7. The highest BCUT2D eigenvalue weighted by molar-refractivity contribution is 5.76. The van der Waals surface area contributed by atoms with Crippen molar-refractivity contribution in [3.05, 3.63) is 77.0 Å². The number of pyridine rings is 1. The van der Waals surface area contributed by atoms with Gasteiger partial charge in [0.25, 0.3) is 5.56 Å². The fourth-order valence-corrected chi connectivity index (χ4v) is 2.79. The molecule has 7 heteroatoms. The van der Waals surface area contributed by atoms with Crippen LogP contribution in [0, 0.1) is 0 Å². The molecule has 1 aromatic carbocycles. The summed E-state index contributed by atoms with van der Waals surface area (Å²) in [6.07, 6.45) is 5.19. The van der Waals surface area contributed by atoms with Crippen molar-refractivity contribution < 1.29 is 9.84 Å². The van der Waals surface area contributed by atoms with Gasteiger partial charge in [0.1, 0.15) is 11.4 Å². The molecule has 0 aliphatic rings. The van der Waals surface area contributed by atoms with Crippen molar-refractivity contribution in [1.29, 1.82) is 0 Å². The first-order valence-electron chi connectivity index (χ1n) is 8.14. The number of hydrogen-bond donors (Lipinski definition) is 2. The van der Waals surface area contributed by atoms with E-state index in [9.17, 15) is 9.90 Å². The van der Waals surface area contributed by atoms with E-state index in [2.05, 4.69) is 15.1 Å². The lowest BCUT2D eigenvalue weighted by Crippen LogP contribution is -2.18. The molecule has 7 nitrogen and oxygen atoms in total. The first kappa shape index (κ1) is 15.9. The number of H-pyrrole nitrogens is 1. The van der Waals surface area contributed by atoms with Gasteiger partial charge in [-0.3, -0.25) is 9.78 Å². The Balaban J connectivity index is 1.64. The van der Waals surface area contributed by atoms with Crippen LogP contribution in [0.1, 0.15) is 5.56 Å². The molecule has 2 N–H and O–H groups in total. The minimum absolute atomic E-state index is 0.185. The van der Waals surface area contributed by atoms with Crippen molar-refractivity contribution >= 4 is 5.65 Å². The number of nitrogens with zero attached hydrogens (tertiary/aromatic N) is 3. The molecule has 3 heterocycles. The average molecular weight is 348 g/mol. The zero-order valence-electron chi connectivity index (χ0n) is 13.8. The van der Waals surface area contributed by atoms with Gasteiger partial charge in [0.05, 0.1) is 18.4 Å². The zero-order chi connectivity index (χ0) is 17.9. The fraction of sp³-hybridized carbons (Fsp3) is 0.105. The molecule has 4 aromatic rings. The molecule has 3 aromatic heterocycles. The highest BCUT2D eigenvalue weighted by Crippen LogP contribution is 2.25. The van der Waals surface area contributed by atoms with Crippen molar-refractivity contribution in [3.8, 4) is 22.8 Å². The Morgan fingerprint density at radius 1 is 1.12 bits per heavy atom. The lowest BCUT2D eigenvalue weighted by atomic mass is 10.1. The van der Waals surface area contributed by atoms with E-state index in [4.69, 9.17) is 4.74 Å². The summed E-state index contributed by atoms with van der Waals surface area (Å²) < 4.78 is 6.93. The Labute approximate surface area is 148 Å². The van der Waals surface area contributed by atoms with Gasteiger partial charge in [-0.05, 0) is 18.2 Å². The summed E-state index contributed by atoms with van der Waals surface area (Å²) in [6, 6.07) is 13.0. The third kappa shape index (κ3) is 2.90. The molecule has 0 aliphatic heterocycles. The molecule has 0 amide bonds. The van der Waals surface area contributed by atoms with Crippen LogP contribution in [-0.2, 0) is 6.42 Å². The average Bonchev–Trinajstić information content (AvgIpc) is 3.10. The Bertz CT molecular complexity index is 1090. The molecular weight excluding hydrogens is 332 g/mol. The lowest BCUT2D eigenvalue weighted by Gasteiger charge is -2.08. The van der Waals surface area contributed by atoms with E-state index < -0.39 is 0 Å². The first-order valence-corrected chi connectivity index (χ1v) is 8.14. The van der Waals surface area contributed by atoms with Crippen molar-refractivity contribution in [2.75, 3.05) is 6.61 Å². The van der Waals surface area contributed by atoms with Crippen LogP contribution >= 0.6 is 0 Å². The normalized spacial score (nSPS) is 10.9. The number of nitrogens with one attached hydrogen (secondary N) is 1. The summed E-state index contributed by atoms with van der Waals surface area (Å²) in [4.78, 5) is 19.3. The van der Waals surface area contributed by atoms with E-state index in [1.807, 2.05) is 36.4 Å². The number of para-hydroxylation sites is 1. The van der Waals surface area contributed by atoms with Crippen molar-refractivity contribution in [2.24, 2.45) is 0 Å². The maximum Gasteiger partial charge on any atom is 0.258 e. The minimum Gasteiger partial charge on any atom is -0.493 e. The Kier molecular flexibility index (Phi) is 4.10. The number of rotatable bonds is 5. The SMILES string of the molecule is O=c1[nH]c2c(-c3cccnc3)cnn2c(O)c1CCOc1ccccc1. The van der Waals surface area contributed by atoms with Crippen molar-refractivity contribution in [2.45, 2.75) is 6.42 Å². The van der Waals surface area contributed by atoms with Crippen LogP contribution in [0.2, 0.25) is 0 Å². The summed E-state index contributed by atoms with van der Waals surface area (Å²) in [5.74, 6) is 0.526. The van der Waals surface area contributed by atoms with Crippen molar-refractivity contribution in [1.82, 2.24) is 19.6 Å². The molecule has 0 fully saturated rings. The van der Waals surface area contributed by atoms with E-state index in [1.54, 1.807) is 24.7 Å². The van der Waals surface area contributed by atoms with Gasteiger partial charge in [-0.15, -0.1) is 0 Å². The molecule has 26 heavy (non-hydrogen) atoms. The van der Waals surface area contributed by atoms with Crippen LogP contribution < -0.4 is 10.3 Å². The second-order valence-corrected chi connectivity index (χ2v) is 5.73. The quantitative estimate of drug-likeness (QED) is 0.578. The minimum atomic E-state index is -0.364. The number of benzene rings is 1. The maximum absolute atomic E-state index is 12.5. The van der Waals surface area contributed by atoms with Crippen LogP contribution in [0.5, 0.6) is 11.6 Å². The molecule has 0 aliphatic carbocycles. The number of aromatic nitrogens is 4. The number of aromatic amines is 1. The molecule has 0 saturated carbocycles. The van der Waals surface area contributed by atoms with Crippen molar-refractivity contribution in [3.63, 3.8) is 0 Å². The molecule has 0 spiro atoms. The largest absolute Gasteiger partial charge is 0.493 e. The van der Waals surface area contributed by atoms with Gasteiger partial charge in [-0.1, -0.05) is 24.3 Å². The maximum atomic E-state index is 12.5. The van der Waals surface area contributed by atoms with Gasteiger partial charge in [-0.2, -0.15) is 9.61 Å². The molecule has 0 bridgehead atoms. The summed E-state index contributed by atoms with van der Waals surface area (Å²) in [5, 5.41) is 14.7. The van der Waals surface area contributed by atoms with Gasteiger partial charge in [-0.25, -0.2) is 0 Å². The molecule has 0 radical (unpaired) electrons. The predicted molar refractivity (Wildman–Crippen MR) is 96.3 cm³/mol. The highest BCUT2D eigenvalue weighted by atomic mass is 16.5. The Morgan fingerprint density at radius 3 is 2.73 bits per heavy atom. The van der Waals surface area contributed by atoms with Crippen LogP contribution in [0.15, 0.2) is 65.8 Å². The molecular formula is C19H16N4O3. The third-order valence-electron chi connectivity index (χ3n) is 4.08. The summed E-state index contributed by atoms with van der Waals surface area (Å²) in [7, 11) is 0. The molecule has 4 rings (SSSR count). The summed E-state index contributed by atoms with van der Waals surface area (Å²) in [6.45, 7) is 0.267. The highest BCUT2D eigenvalue weighted by Gasteiger charge is 2.16. The zero-order valence-corrected chi connectivity index (χ0v) is 13.8. The smallest absolute Gasteiger partial charge is 0.258 e. The third-order valence-corrected chi connectivity index (χ3v) is 4.08. The van der Waals surface area contributed by atoms with E-state index >= 15 is 0 Å². The Morgan fingerprint density at radius 2 is 1.96 bits per heavy atom. The molecule has 0 atom stereocenters. The van der Waals surface area contributed by atoms with Gasteiger partial charge < -0.3 is 14.8 Å². The predicted octanol–water partition coefficient (Wildman–Crippen LogP) is 2.41. The van der Waals surface area contributed by atoms with E-state index in [1.165, 1.54) is 4.52 Å². The monoisotopic (exact) mass is 348 g/mol. The molecule has 0 unspecified atom stereocenters. The molecule has 130 valence electrons. The fourth-order valence-electron chi connectivity index (χ4n) is 2.79. The number of hydrogen-bond acceptors (Lipinski definition) is 5. The van der Waals surface area contributed by atoms with E-state index in [-0.39, 0.29) is 30.0 Å². The Hall–Kier alpha value is -3.61. The number of ether oxygens (including phenoxy) is 1. The van der Waals surface area contributed by atoms with Gasteiger partial charge in [0.2, 0.25) is 5.88 Å². The van der Waals surface area contributed by atoms with Crippen LogP contribution in [-0.4, -0.2) is 31.3 Å².